The molecule has 3 heteroatoms. The first kappa shape index (κ1) is 27.7. The summed E-state index contributed by atoms with van der Waals surface area (Å²) in [5.74, 6) is 0.671. The van der Waals surface area contributed by atoms with Crippen LogP contribution in [-0.4, -0.2) is 15.0 Å². The fourth-order valence-electron chi connectivity index (χ4n) is 6.63. The first-order valence-electron chi connectivity index (χ1n) is 16.0. The van der Waals surface area contributed by atoms with Gasteiger partial charge in [0.05, 0.1) is 11.4 Å². The third-order valence-electron chi connectivity index (χ3n) is 9.02. The molecule has 9 rings (SSSR count). The van der Waals surface area contributed by atoms with Gasteiger partial charge in [-0.1, -0.05) is 133 Å². The highest BCUT2D eigenvalue weighted by molar-refractivity contribution is 6.25. The second kappa shape index (κ2) is 11.6. The zero-order valence-electron chi connectivity index (χ0n) is 25.9. The van der Waals surface area contributed by atoms with Crippen LogP contribution in [0.3, 0.4) is 0 Å². The van der Waals surface area contributed by atoms with Crippen LogP contribution in [0.5, 0.6) is 0 Å². The highest BCUT2D eigenvalue weighted by atomic mass is 14.9. The van der Waals surface area contributed by atoms with Crippen LogP contribution in [0.1, 0.15) is 0 Å². The predicted octanol–water partition coefficient (Wildman–Crippen LogP) is 11.3. The molecule has 7 aromatic carbocycles. The van der Waals surface area contributed by atoms with Gasteiger partial charge in [0.25, 0.3) is 0 Å². The second-order valence-corrected chi connectivity index (χ2v) is 11.9. The van der Waals surface area contributed by atoms with Gasteiger partial charge in [-0.3, -0.25) is 4.98 Å². The molecule has 3 nitrogen and oxygen atoms in total. The molecule has 0 saturated heterocycles. The molecule has 0 unspecified atom stereocenters. The van der Waals surface area contributed by atoms with Crippen LogP contribution in [0, 0.1) is 12.1 Å². The van der Waals surface area contributed by atoms with Crippen molar-refractivity contribution in [2.75, 3.05) is 0 Å². The summed E-state index contributed by atoms with van der Waals surface area (Å²) in [4.78, 5) is 14.7. The summed E-state index contributed by atoms with van der Waals surface area (Å²) in [6, 6.07) is 59.5. The van der Waals surface area contributed by atoms with Gasteiger partial charge in [-0.15, -0.1) is 0 Å². The van der Waals surface area contributed by atoms with Gasteiger partial charge in [-0.2, -0.15) is 0 Å². The molecule has 2 aromatic heterocycles. The molecule has 0 spiro atoms. The standard InChI is InChI=1S/C45H27N3/c1-2-10-30(11-3-1)31-19-21-32(22-20-31)43-28-44(34-13-8-12-33(26-34)36-14-9-25-46-29-36)48-45(47-43)35-23-24-41-39-17-5-4-15-37(39)38-16-6-7-18-40(38)42(41)27-35/h1-7,9-11,13-29H. The van der Waals surface area contributed by atoms with Crippen molar-refractivity contribution in [2.45, 2.75) is 0 Å². The molecule has 0 bridgehead atoms. The number of rotatable bonds is 5. The number of fused-ring (bicyclic) bond motifs is 6. The van der Waals surface area contributed by atoms with E-state index in [1.54, 1.807) is 6.20 Å². The van der Waals surface area contributed by atoms with E-state index in [2.05, 4.69) is 145 Å². The number of hydrogen-bond acceptors (Lipinski definition) is 3. The van der Waals surface area contributed by atoms with E-state index in [4.69, 9.17) is 9.97 Å². The monoisotopic (exact) mass is 609 g/mol. The normalized spacial score (nSPS) is 11.2. The van der Waals surface area contributed by atoms with E-state index in [0.717, 1.165) is 44.8 Å². The van der Waals surface area contributed by atoms with Crippen molar-refractivity contribution < 1.29 is 0 Å². The third kappa shape index (κ3) is 4.94. The van der Waals surface area contributed by atoms with Gasteiger partial charge >= 0.3 is 0 Å². The van der Waals surface area contributed by atoms with E-state index >= 15 is 0 Å². The fourth-order valence-corrected chi connectivity index (χ4v) is 6.63. The summed E-state index contributed by atoms with van der Waals surface area (Å²) >= 11 is 0. The van der Waals surface area contributed by atoms with Gasteiger partial charge in [0.2, 0.25) is 0 Å². The van der Waals surface area contributed by atoms with Gasteiger partial charge in [-0.25, -0.2) is 9.97 Å². The first-order valence-corrected chi connectivity index (χ1v) is 16.0. The van der Waals surface area contributed by atoms with E-state index < -0.39 is 0 Å². The molecule has 0 aliphatic carbocycles. The van der Waals surface area contributed by atoms with E-state index in [0.29, 0.717) is 5.82 Å². The Balaban J connectivity index is 1.23. The smallest absolute Gasteiger partial charge is 0.160 e. The molecule has 0 amide bonds. The zero-order chi connectivity index (χ0) is 31.9. The van der Waals surface area contributed by atoms with Gasteiger partial charge in [-0.05, 0) is 73.8 Å². The highest BCUT2D eigenvalue weighted by Crippen LogP contribution is 2.37. The molecule has 48 heavy (non-hydrogen) atoms. The van der Waals surface area contributed by atoms with Gasteiger partial charge in [0, 0.05) is 40.2 Å². The molecule has 0 saturated carbocycles. The number of aromatic nitrogens is 3. The second-order valence-electron chi connectivity index (χ2n) is 11.9. The Kier molecular flexibility index (Phi) is 6.70. The van der Waals surface area contributed by atoms with Crippen LogP contribution in [-0.2, 0) is 0 Å². The van der Waals surface area contributed by atoms with Crippen LogP contribution in [0.25, 0.3) is 88.5 Å². The lowest BCUT2D eigenvalue weighted by Gasteiger charge is -2.13. The maximum atomic E-state index is 5.19. The van der Waals surface area contributed by atoms with Crippen molar-refractivity contribution in [1.82, 2.24) is 15.0 Å². The van der Waals surface area contributed by atoms with Crippen molar-refractivity contribution in [1.29, 1.82) is 0 Å². The summed E-state index contributed by atoms with van der Waals surface area (Å²) < 4.78 is 0. The van der Waals surface area contributed by atoms with Crippen molar-refractivity contribution in [2.24, 2.45) is 0 Å². The van der Waals surface area contributed by atoms with E-state index in [-0.39, 0.29) is 0 Å². The van der Waals surface area contributed by atoms with E-state index in [1.807, 2.05) is 30.5 Å². The maximum absolute atomic E-state index is 5.19. The quantitative estimate of drug-likeness (QED) is 0.182. The maximum Gasteiger partial charge on any atom is 0.160 e. The van der Waals surface area contributed by atoms with Crippen LogP contribution >= 0.6 is 0 Å². The van der Waals surface area contributed by atoms with Gasteiger partial charge in [0.1, 0.15) is 0 Å². The molecular weight excluding hydrogens is 583 g/mol. The average molecular weight is 610 g/mol. The van der Waals surface area contributed by atoms with E-state index in [9.17, 15) is 0 Å². The molecule has 0 fully saturated rings. The number of hydrogen-bond donors (Lipinski definition) is 0. The topological polar surface area (TPSA) is 38.7 Å². The van der Waals surface area contributed by atoms with Crippen molar-refractivity contribution >= 4 is 32.3 Å². The molecule has 0 N–H and O–H groups in total. The Morgan fingerprint density at radius 1 is 0.396 bits per heavy atom. The number of pyridine rings is 1. The lowest BCUT2D eigenvalue weighted by Crippen LogP contribution is -1.96. The minimum absolute atomic E-state index is 0.671. The lowest BCUT2D eigenvalue weighted by atomic mass is 9.93. The SMILES string of the molecule is c1cc(-c2cc(-c3ccc(-c4ccccc4)cc3)nc(-c3ccc4c5ccccc5c5ccccc5c4c3)n2)cc(-c2cccnc2)c#1. The summed E-state index contributed by atoms with van der Waals surface area (Å²) in [5.41, 5.74) is 8.85. The number of benzene rings is 6. The molecule has 0 aliphatic heterocycles. The van der Waals surface area contributed by atoms with Crippen molar-refractivity contribution in [3.63, 3.8) is 0 Å². The van der Waals surface area contributed by atoms with Crippen LogP contribution < -0.4 is 0 Å². The Morgan fingerprint density at radius 2 is 0.958 bits per heavy atom. The minimum Gasteiger partial charge on any atom is -0.264 e. The molecule has 2 heterocycles. The Hall–Kier alpha value is -6.63. The Labute approximate surface area is 278 Å². The fraction of sp³-hybridized carbons (Fsp3) is 0. The molecular formula is C45H27N3. The third-order valence-corrected chi connectivity index (χ3v) is 9.02. The molecule has 0 radical (unpaired) electrons. The summed E-state index contributed by atoms with van der Waals surface area (Å²) in [6.07, 6.45) is 3.62. The summed E-state index contributed by atoms with van der Waals surface area (Å²) in [5, 5.41) is 7.36. The molecule has 0 aliphatic rings. The summed E-state index contributed by atoms with van der Waals surface area (Å²) in [7, 11) is 0. The highest BCUT2D eigenvalue weighted by Gasteiger charge is 2.14. The molecule has 0 atom stereocenters. The predicted molar refractivity (Wildman–Crippen MR) is 197 cm³/mol. The molecule has 222 valence electrons. The van der Waals surface area contributed by atoms with Gasteiger partial charge in [0.15, 0.2) is 5.82 Å². The van der Waals surface area contributed by atoms with Crippen LogP contribution in [0.2, 0.25) is 0 Å². The molecule has 9 aromatic rings. The summed E-state index contributed by atoms with van der Waals surface area (Å²) in [6.45, 7) is 0. The number of nitrogens with zero attached hydrogens (tertiary/aromatic N) is 3. The lowest BCUT2D eigenvalue weighted by molar-refractivity contribution is 1.18. The van der Waals surface area contributed by atoms with Crippen LogP contribution in [0.15, 0.2) is 164 Å². The van der Waals surface area contributed by atoms with Crippen LogP contribution in [0.4, 0.5) is 0 Å². The largest absolute Gasteiger partial charge is 0.264 e. The minimum atomic E-state index is 0.671. The Morgan fingerprint density at radius 3 is 1.65 bits per heavy atom. The first-order chi connectivity index (χ1) is 23.8. The Bertz CT molecular complexity index is 2560. The van der Waals surface area contributed by atoms with Crippen molar-refractivity contribution in [3.8, 4) is 56.2 Å². The van der Waals surface area contributed by atoms with Crippen molar-refractivity contribution in [3.05, 3.63) is 176 Å². The average Bonchev–Trinajstić information content (AvgIpc) is 3.18. The van der Waals surface area contributed by atoms with Gasteiger partial charge < -0.3 is 0 Å². The van der Waals surface area contributed by atoms with E-state index in [1.165, 1.54) is 37.9 Å². The zero-order valence-corrected chi connectivity index (χ0v) is 25.9.